The fraction of sp³-hybridized carbons (Fsp3) is 0.286. The second kappa shape index (κ2) is 9.65. The number of carbonyl (C=O) groups is 2. The average molecular weight is 502 g/mol. The SMILES string of the molecule is CC(C)(C)OC(=O)N1CCN(c2ccc(-c3cnc4[nH]cc(C(=O)c5ccc(F)cc5)c4c3)cn2)CC1. The van der Waals surface area contributed by atoms with Crippen molar-refractivity contribution in [2.75, 3.05) is 31.1 Å². The first-order chi connectivity index (χ1) is 17.7. The van der Waals surface area contributed by atoms with E-state index in [0.717, 1.165) is 16.9 Å². The van der Waals surface area contributed by atoms with E-state index in [-0.39, 0.29) is 17.7 Å². The van der Waals surface area contributed by atoms with Crippen molar-refractivity contribution in [2.24, 2.45) is 0 Å². The summed E-state index contributed by atoms with van der Waals surface area (Å²) in [5.41, 5.74) is 2.66. The van der Waals surface area contributed by atoms with Crippen LogP contribution in [0.2, 0.25) is 0 Å². The molecule has 1 saturated heterocycles. The van der Waals surface area contributed by atoms with Gasteiger partial charge in [-0.3, -0.25) is 4.79 Å². The Hall–Kier alpha value is -4.27. The number of pyridine rings is 2. The van der Waals surface area contributed by atoms with Gasteiger partial charge in [0.05, 0.1) is 0 Å². The molecule has 0 bridgehead atoms. The third-order valence-electron chi connectivity index (χ3n) is 6.22. The van der Waals surface area contributed by atoms with Crippen LogP contribution in [-0.2, 0) is 4.74 Å². The minimum absolute atomic E-state index is 0.204. The summed E-state index contributed by atoms with van der Waals surface area (Å²) in [6.07, 6.45) is 4.86. The normalized spacial score (nSPS) is 14.2. The van der Waals surface area contributed by atoms with Crippen molar-refractivity contribution in [1.29, 1.82) is 0 Å². The van der Waals surface area contributed by atoms with Gasteiger partial charge in [-0.15, -0.1) is 0 Å². The molecule has 1 aromatic carbocycles. The molecule has 4 heterocycles. The molecule has 0 spiro atoms. The lowest BCUT2D eigenvalue weighted by molar-refractivity contribution is 0.0240. The zero-order valence-electron chi connectivity index (χ0n) is 21.0. The number of amides is 1. The Balaban J connectivity index is 1.30. The van der Waals surface area contributed by atoms with Crippen molar-refractivity contribution in [2.45, 2.75) is 26.4 Å². The minimum Gasteiger partial charge on any atom is -0.444 e. The molecule has 0 aliphatic carbocycles. The van der Waals surface area contributed by atoms with Crippen LogP contribution < -0.4 is 4.90 Å². The third-order valence-corrected chi connectivity index (χ3v) is 6.22. The summed E-state index contributed by atoms with van der Waals surface area (Å²) in [5.74, 6) is 0.236. The van der Waals surface area contributed by atoms with Crippen LogP contribution in [-0.4, -0.2) is 63.5 Å². The van der Waals surface area contributed by atoms with E-state index in [0.29, 0.717) is 48.3 Å². The van der Waals surface area contributed by atoms with Gasteiger partial charge in [0.25, 0.3) is 0 Å². The quantitative estimate of drug-likeness (QED) is 0.394. The van der Waals surface area contributed by atoms with Crippen LogP contribution in [0.4, 0.5) is 15.0 Å². The number of halogens is 1. The molecule has 1 aliphatic heterocycles. The smallest absolute Gasteiger partial charge is 0.410 e. The van der Waals surface area contributed by atoms with Gasteiger partial charge in [-0.1, -0.05) is 0 Å². The van der Waals surface area contributed by atoms with Crippen LogP contribution in [0.5, 0.6) is 0 Å². The maximum absolute atomic E-state index is 13.3. The zero-order chi connectivity index (χ0) is 26.2. The summed E-state index contributed by atoms with van der Waals surface area (Å²) in [5, 5.41) is 0.689. The van der Waals surface area contributed by atoms with E-state index in [1.54, 1.807) is 23.5 Å². The van der Waals surface area contributed by atoms with E-state index in [1.807, 2.05) is 39.0 Å². The molecule has 1 fully saturated rings. The maximum atomic E-state index is 13.3. The van der Waals surface area contributed by atoms with Gasteiger partial charge in [0, 0.05) is 72.4 Å². The number of nitrogens with zero attached hydrogens (tertiary/aromatic N) is 4. The number of H-pyrrole nitrogens is 1. The molecule has 0 saturated carbocycles. The lowest BCUT2D eigenvalue weighted by Crippen LogP contribution is -2.50. The Morgan fingerprint density at radius 1 is 0.946 bits per heavy atom. The van der Waals surface area contributed by atoms with E-state index in [1.165, 1.54) is 24.3 Å². The number of benzene rings is 1. The van der Waals surface area contributed by atoms with Crippen LogP contribution in [0.1, 0.15) is 36.7 Å². The van der Waals surface area contributed by atoms with Gasteiger partial charge in [0.2, 0.25) is 0 Å². The summed E-state index contributed by atoms with van der Waals surface area (Å²) in [6, 6.07) is 11.3. The van der Waals surface area contributed by atoms with Crippen LogP contribution in [0.25, 0.3) is 22.2 Å². The molecule has 1 amide bonds. The van der Waals surface area contributed by atoms with E-state index >= 15 is 0 Å². The minimum atomic E-state index is -0.515. The van der Waals surface area contributed by atoms with Crippen molar-refractivity contribution in [3.63, 3.8) is 0 Å². The van der Waals surface area contributed by atoms with Crippen LogP contribution >= 0.6 is 0 Å². The molecule has 0 atom stereocenters. The number of rotatable bonds is 4. The summed E-state index contributed by atoms with van der Waals surface area (Å²) in [6.45, 7) is 8.05. The summed E-state index contributed by atoms with van der Waals surface area (Å²) in [7, 11) is 0. The number of ketones is 1. The van der Waals surface area contributed by atoms with Crippen molar-refractivity contribution >= 4 is 28.7 Å². The Morgan fingerprint density at radius 3 is 2.30 bits per heavy atom. The number of carbonyl (C=O) groups excluding carboxylic acids is 2. The number of nitrogens with one attached hydrogen (secondary N) is 1. The number of anilines is 1. The van der Waals surface area contributed by atoms with Gasteiger partial charge < -0.3 is 19.5 Å². The van der Waals surface area contributed by atoms with Crippen molar-refractivity contribution in [3.05, 3.63) is 78.0 Å². The first kappa shape index (κ1) is 24.4. The lowest BCUT2D eigenvalue weighted by Gasteiger charge is -2.36. The number of ether oxygens (including phenoxy) is 1. The van der Waals surface area contributed by atoms with Crippen LogP contribution in [0.3, 0.4) is 0 Å². The van der Waals surface area contributed by atoms with Gasteiger partial charge in [-0.05, 0) is 63.2 Å². The number of aromatic amines is 1. The highest BCUT2D eigenvalue weighted by atomic mass is 19.1. The fourth-order valence-corrected chi connectivity index (χ4v) is 4.29. The number of aromatic nitrogens is 3. The van der Waals surface area contributed by atoms with Crippen molar-refractivity contribution in [1.82, 2.24) is 19.9 Å². The molecule has 1 aliphatic rings. The van der Waals surface area contributed by atoms with E-state index in [9.17, 15) is 14.0 Å². The highest BCUT2D eigenvalue weighted by Crippen LogP contribution is 2.27. The highest BCUT2D eigenvalue weighted by Gasteiger charge is 2.26. The largest absolute Gasteiger partial charge is 0.444 e. The number of piperazine rings is 1. The molecule has 4 aromatic rings. The molecular formula is C28H28FN5O3. The second-order valence-corrected chi connectivity index (χ2v) is 10.0. The lowest BCUT2D eigenvalue weighted by atomic mass is 10.0. The number of fused-ring (bicyclic) bond motifs is 1. The van der Waals surface area contributed by atoms with Gasteiger partial charge >= 0.3 is 6.09 Å². The Morgan fingerprint density at radius 2 is 1.65 bits per heavy atom. The topological polar surface area (TPSA) is 91.4 Å². The molecule has 190 valence electrons. The molecule has 8 nitrogen and oxygen atoms in total. The van der Waals surface area contributed by atoms with Crippen molar-refractivity contribution < 1.29 is 18.7 Å². The van der Waals surface area contributed by atoms with Gasteiger partial charge in [-0.2, -0.15) is 0 Å². The first-order valence-electron chi connectivity index (χ1n) is 12.1. The number of hydrogen-bond acceptors (Lipinski definition) is 6. The molecule has 5 rings (SSSR count). The molecule has 0 unspecified atom stereocenters. The molecule has 0 radical (unpaired) electrons. The molecule has 1 N–H and O–H groups in total. The first-order valence-corrected chi connectivity index (χ1v) is 12.1. The van der Waals surface area contributed by atoms with E-state index in [4.69, 9.17) is 4.74 Å². The fourth-order valence-electron chi connectivity index (χ4n) is 4.29. The van der Waals surface area contributed by atoms with E-state index < -0.39 is 5.60 Å². The number of hydrogen-bond donors (Lipinski definition) is 1. The van der Waals surface area contributed by atoms with Gasteiger partial charge in [0.15, 0.2) is 5.78 Å². The van der Waals surface area contributed by atoms with Gasteiger partial charge in [0.1, 0.15) is 22.9 Å². The zero-order valence-corrected chi connectivity index (χ0v) is 21.0. The Labute approximate surface area is 214 Å². The Kier molecular flexibility index (Phi) is 6.37. The Bertz CT molecular complexity index is 1430. The maximum Gasteiger partial charge on any atom is 0.410 e. The second-order valence-electron chi connectivity index (χ2n) is 10.0. The predicted molar refractivity (Wildman–Crippen MR) is 139 cm³/mol. The van der Waals surface area contributed by atoms with Crippen molar-refractivity contribution in [3.8, 4) is 11.1 Å². The predicted octanol–water partition coefficient (Wildman–Crippen LogP) is 5.05. The summed E-state index contributed by atoms with van der Waals surface area (Å²) >= 11 is 0. The van der Waals surface area contributed by atoms with Crippen LogP contribution in [0, 0.1) is 5.82 Å². The molecule has 37 heavy (non-hydrogen) atoms. The third kappa shape index (κ3) is 5.30. The molecular weight excluding hydrogens is 473 g/mol. The van der Waals surface area contributed by atoms with Crippen LogP contribution in [0.15, 0.2) is 61.1 Å². The van der Waals surface area contributed by atoms with E-state index in [2.05, 4.69) is 19.9 Å². The summed E-state index contributed by atoms with van der Waals surface area (Å²) in [4.78, 5) is 41.3. The van der Waals surface area contributed by atoms with Gasteiger partial charge in [-0.25, -0.2) is 19.2 Å². The monoisotopic (exact) mass is 501 g/mol. The standard InChI is InChI=1S/C28H28FN5O3/c1-28(2,3)37-27(36)34-12-10-33(11-13-34)24-9-6-19(15-30-24)20-14-22-23(17-32-26(22)31-16-20)25(35)18-4-7-21(29)8-5-18/h4-9,14-17H,10-13H2,1-3H3,(H,31,32). The molecule has 9 heteroatoms. The highest BCUT2D eigenvalue weighted by molar-refractivity contribution is 6.16. The summed E-state index contributed by atoms with van der Waals surface area (Å²) < 4.78 is 18.7. The average Bonchev–Trinajstić information content (AvgIpc) is 3.31. The molecule has 3 aromatic heterocycles.